The van der Waals surface area contributed by atoms with Gasteiger partial charge in [-0.1, -0.05) is 25.6 Å². The Bertz CT molecular complexity index is 622. The quantitative estimate of drug-likeness (QED) is 0.473. The summed E-state index contributed by atoms with van der Waals surface area (Å²) in [5.74, 6) is 0.297. The Morgan fingerprint density at radius 1 is 1.39 bits per heavy atom. The third kappa shape index (κ3) is 2.71. The Kier molecular flexibility index (Phi) is 4.08. The van der Waals surface area contributed by atoms with Gasteiger partial charge in [0.2, 0.25) is 5.91 Å². The number of fused-ring (bicyclic) bond motifs is 1. The van der Waals surface area contributed by atoms with E-state index in [1.165, 1.54) is 18.9 Å². The Morgan fingerprint density at radius 3 is 2.70 bits per heavy atom. The van der Waals surface area contributed by atoms with E-state index in [-0.39, 0.29) is 29.0 Å². The summed E-state index contributed by atoms with van der Waals surface area (Å²) in [5.41, 5.74) is -0.444. The second kappa shape index (κ2) is 5.78. The largest absolute Gasteiger partial charge is 0.469 e. The third-order valence-electron chi connectivity index (χ3n) is 5.07. The molecule has 1 aromatic rings. The predicted molar refractivity (Wildman–Crippen MR) is 85.7 cm³/mol. The molecule has 0 bridgehead atoms. The molecule has 23 heavy (non-hydrogen) atoms. The summed E-state index contributed by atoms with van der Waals surface area (Å²) in [7, 11) is 1.42. The van der Waals surface area contributed by atoms with Crippen molar-refractivity contribution in [2.45, 2.75) is 25.4 Å². The van der Waals surface area contributed by atoms with Crippen LogP contribution in [0.5, 0.6) is 0 Å². The highest BCUT2D eigenvalue weighted by Gasteiger charge is 2.67. The van der Waals surface area contributed by atoms with Crippen LogP contribution in [-0.2, 0) is 14.3 Å². The summed E-state index contributed by atoms with van der Waals surface area (Å²) >= 11 is 1.32. The number of likely N-dealkylation sites (tertiary alicyclic amines) is 1. The third-order valence-corrected chi connectivity index (χ3v) is 5.93. The van der Waals surface area contributed by atoms with E-state index in [4.69, 9.17) is 4.74 Å². The van der Waals surface area contributed by atoms with Gasteiger partial charge in [0.05, 0.1) is 18.3 Å². The van der Waals surface area contributed by atoms with Crippen LogP contribution in [0.2, 0.25) is 0 Å². The average molecular weight is 335 g/mol. The fraction of sp³-hybridized carbons (Fsp3) is 0.625. The molecular formula is C16H21N3O3S. The number of carbonyl (C=O) groups is 2. The molecule has 2 heterocycles. The van der Waals surface area contributed by atoms with Crippen LogP contribution < -0.4 is 0 Å². The number of nitrogens with zero attached hydrogens (tertiary/aromatic N) is 3. The molecule has 1 aromatic heterocycles. The van der Waals surface area contributed by atoms with Gasteiger partial charge in [-0.15, -0.1) is 0 Å². The zero-order valence-corrected chi connectivity index (χ0v) is 14.4. The van der Waals surface area contributed by atoms with E-state index in [2.05, 4.69) is 23.8 Å². The molecule has 0 N–H and O–H groups in total. The van der Waals surface area contributed by atoms with Gasteiger partial charge < -0.3 is 9.64 Å². The monoisotopic (exact) mass is 335 g/mol. The van der Waals surface area contributed by atoms with Crippen molar-refractivity contribution in [3.8, 4) is 0 Å². The second-order valence-corrected chi connectivity index (χ2v) is 7.90. The first kappa shape index (κ1) is 16.2. The number of esters is 1. The number of hydrogen-bond acceptors (Lipinski definition) is 6. The Labute approximate surface area is 140 Å². The van der Waals surface area contributed by atoms with Gasteiger partial charge in [0, 0.05) is 25.5 Å². The number of rotatable bonds is 4. The fourth-order valence-electron chi connectivity index (χ4n) is 4.14. The maximum atomic E-state index is 12.5. The van der Waals surface area contributed by atoms with Crippen molar-refractivity contribution in [1.29, 1.82) is 0 Å². The molecule has 3 rings (SSSR count). The van der Waals surface area contributed by atoms with Gasteiger partial charge in [-0.05, 0) is 23.8 Å². The number of hydrogen-bond donors (Lipinski definition) is 0. The van der Waals surface area contributed by atoms with Gasteiger partial charge in [0.15, 0.2) is 5.16 Å². The fourth-order valence-corrected chi connectivity index (χ4v) is 4.85. The molecule has 1 saturated heterocycles. The first-order chi connectivity index (χ1) is 10.9. The van der Waals surface area contributed by atoms with Gasteiger partial charge in [-0.3, -0.25) is 9.59 Å². The molecule has 1 saturated carbocycles. The lowest BCUT2D eigenvalue weighted by molar-refractivity contribution is -0.174. The smallest absolute Gasteiger partial charge is 0.314 e. The van der Waals surface area contributed by atoms with Crippen molar-refractivity contribution in [3.63, 3.8) is 0 Å². The van der Waals surface area contributed by atoms with Crippen LogP contribution >= 0.6 is 11.8 Å². The van der Waals surface area contributed by atoms with Crippen LogP contribution in [-0.4, -0.2) is 52.7 Å². The Hall–Kier alpha value is -1.63. The summed E-state index contributed by atoms with van der Waals surface area (Å²) in [6.07, 6.45) is 4.09. The maximum Gasteiger partial charge on any atom is 0.314 e. The lowest BCUT2D eigenvalue weighted by atomic mass is 9.48. The lowest BCUT2D eigenvalue weighted by Gasteiger charge is -2.54. The molecule has 0 aromatic carbocycles. The zero-order valence-electron chi connectivity index (χ0n) is 13.6. The van der Waals surface area contributed by atoms with Crippen LogP contribution in [0.1, 0.15) is 20.3 Å². The average Bonchev–Trinajstić information content (AvgIpc) is 2.89. The molecule has 2 fully saturated rings. The number of amides is 1. The maximum absolute atomic E-state index is 12.5. The second-order valence-electron chi connectivity index (χ2n) is 6.96. The number of carbonyl (C=O) groups excluding carboxylic acids is 2. The van der Waals surface area contributed by atoms with Crippen molar-refractivity contribution in [2.75, 3.05) is 26.0 Å². The molecule has 1 amide bonds. The van der Waals surface area contributed by atoms with Crippen molar-refractivity contribution in [2.24, 2.45) is 16.7 Å². The minimum Gasteiger partial charge on any atom is -0.469 e. The minimum atomic E-state index is -0.512. The first-order valence-electron chi connectivity index (χ1n) is 7.65. The van der Waals surface area contributed by atoms with E-state index in [0.717, 1.165) is 6.42 Å². The van der Waals surface area contributed by atoms with Gasteiger partial charge in [0.25, 0.3) is 0 Å². The van der Waals surface area contributed by atoms with E-state index in [0.29, 0.717) is 18.2 Å². The van der Waals surface area contributed by atoms with Crippen LogP contribution in [0.4, 0.5) is 0 Å². The van der Waals surface area contributed by atoms with Crippen LogP contribution in [0.15, 0.2) is 23.6 Å². The molecule has 124 valence electrons. The number of methoxy groups -OCH3 is 1. The van der Waals surface area contributed by atoms with E-state index in [9.17, 15) is 9.59 Å². The van der Waals surface area contributed by atoms with E-state index in [1.54, 1.807) is 23.4 Å². The summed E-state index contributed by atoms with van der Waals surface area (Å²) in [5, 5.41) is 0.589. The molecule has 7 heteroatoms. The van der Waals surface area contributed by atoms with Gasteiger partial charge in [0.1, 0.15) is 0 Å². The van der Waals surface area contributed by atoms with E-state index >= 15 is 0 Å². The number of aromatic nitrogens is 2. The van der Waals surface area contributed by atoms with E-state index < -0.39 is 5.41 Å². The zero-order chi connectivity index (χ0) is 16.7. The standard InChI is InChI=1S/C16H21N3O3S/c1-15(2)9-16(13(21)22-3)10-19(7-11(15)16)12(20)8-23-14-17-5-4-6-18-14/h4-6,11H,7-10H2,1-3H3/t11-,16+/m1/s1. The minimum absolute atomic E-state index is 0.0240. The van der Waals surface area contributed by atoms with Gasteiger partial charge in [-0.25, -0.2) is 9.97 Å². The molecule has 1 aliphatic heterocycles. The van der Waals surface area contributed by atoms with Crippen LogP contribution in [0.3, 0.4) is 0 Å². The number of thioether (sulfide) groups is 1. The normalized spacial score (nSPS) is 28.0. The Balaban J connectivity index is 1.66. The van der Waals surface area contributed by atoms with Crippen LogP contribution in [0.25, 0.3) is 0 Å². The van der Waals surface area contributed by atoms with Crippen molar-refractivity contribution in [1.82, 2.24) is 14.9 Å². The van der Waals surface area contributed by atoms with Crippen molar-refractivity contribution >= 4 is 23.6 Å². The highest BCUT2D eigenvalue weighted by atomic mass is 32.2. The summed E-state index contributed by atoms with van der Waals surface area (Å²) < 4.78 is 5.01. The summed E-state index contributed by atoms with van der Waals surface area (Å²) in [6.45, 7) is 5.39. The van der Waals surface area contributed by atoms with Crippen LogP contribution in [0, 0.1) is 16.7 Å². The topological polar surface area (TPSA) is 72.4 Å². The summed E-state index contributed by atoms with van der Waals surface area (Å²) in [6, 6.07) is 1.74. The molecule has 6 nitrogen and oxygen atoms in total. The van der Waals surface area contributed by atoms with Gasteiger partial charge >= 0.3 is 5.97 Å². The molecule has 2 aliphatic rings. The first-order valence-corrected chi connectivity index (χ1v) is 8.64. The molecule has 0 spiro atoms. The SMILES string of the molecule is COC(=O)[C@@]12CN(C(=O)CSc3ncccn3)C[C@@H]1C(C)(C)C2. The molecule has 0 unspecified atom stereocenters. The highest BCUT2D eigenvalue weighted by Crippen LogP contribution is 2.63. The van der Waals surface area contributed by atoms with Gasteiger partial charge in [-0.2, -0.15) is 0 Å². The molecule has 0 radical (unpaired) electrons. The number of ether oxygens (including phenoxy) is 1. The van der Waals surface area contributed by atoms with Crippen molar-refractivity contribution < 1.29 is 14.3 Å². The summed E-state index contributed by atoms with van der Waals surface area (Å²) in [4.78, 5) is 34.8. The highest BCUT2D eigenvalue weighted by molar-refractivity contribution is 7.99. The van der Waals surface area contributed by atoms with Crippen molar-refractivity contribution in [3.05, 3.63) is 18.5 Å². The predicted octanol–water partition coefficient (Wildman–Crippen LogP) is 1.62. The Morgan fingerprint density at radius 2 is 2.09 bits per heavy atom. The lowest BCUT2D eigenvalue weighted by Crippen LogP contribution is -2.57. The molecule has 1 aliphatic carbocycles. The molecule has 2 atom stereocenters. The molecular weight excluding hydrogens is 314 g/mol. The van der Waals surface area contributed by atoms with E-state index in [1.807, 2.05) is 0 Å².